The van der Waals surface area contributed by atoms with Gasteiger partial charge in [0, 0.05) is 38.1 Å². The van der Waals surface area contributed by atoms with E-state index in [0.717, 1.165) is 45.3 Å². The van der Waals surface area contributed by atoms with E-state index in [9.17, 15) is 9.90 Å². The summed E-state index contributed by atoms with van der Waals surface area (Å²) in [4.78, 5) is 17.0. The predicted molar refractivity (Wildman–Crippen MR) is 71.6 cm³/mol. The first-order chi connectivity index (χ1) is 9.22. The highest BCUT2D eigenvalue weighted by molar-refractivity contribution is 5.77. The summed E-state index contributed by atoms with van der Waals surface area (Å²) >= 11 is 0. The molecular weight excluding hydrogens is 240 g/mol. The maximum absolute atomic E-state index is 12.1. The molecule has 4 rings (SSSR count). The van der Waals surface area contributed by atoms with Gasteiger partial charge in [0.15, 0.2) is 0 Å². The number of aliphatic hydroxyl groups is 1. The molecule has 4 saturated heterocycles. The second kappa shape index (κ2) is 4.45. The Kier molecular flexibility index (Phi) is 2.85. The zero-order valence-electron chi connectivity index (χ0n) is 11.5. The molecule has 5 atom stereocenters. The second-order valence-electron chi connectivity index (χ2n) is 7.00. The van der Waals surface area contributed by atoms with Crippen LogP contribution in [-0.2, 0) is 4.79 Å². The Bertz CT molecular complexity index is 386. The minimum atomic E-state index is -0.118. The second-order valence-corrected chi connectivity index (χ2v) is 7.00. The standard InChI is InChI=1S/C15H24N2O2/c18-12-4-5-16-8-10-6-11(14(16)7-12)9-17-13(10)2-1-3-15(17)19/h10-14,18H,1-9H2/t10-,11-,12?,13+,14-/m0/s1. The van der Waals surface area contributed by atoms with Crippen molar-refractivity contribution in [2.24, 2.45) is 11.8 Å². The average molecular weight is 264 g/mol. The minimum absolute atomic E-state index is 0.118. The molecule has 2 bridgehead atoms. The molecule has 4 heterocycles. The molecule has 4 nitrogen and oxygen atoms in total. The highest BCUT2D eigenvalue weighted by Gasteiger charge is 2.48. The summed E-state index contributed by atoms with van der Waals surface area (Å²) < 4.78 is 0. The van der Waals surface area contributed by atoms with E-state index >= 15 is 0 Å². The summed E-state index contributed by atoms with van der Waals surface area (Å²) in [5.41, 5.74) is 0. The Morgan fingerprint density at radius 1 is 1.05 bits per heavy atom. The molecule has 0 saturated carbocycles. The van der Waals surface area contributed by atoms with Gasteiger partial charge in [-0.15, -0.1) is 0 Å². The summed E-state index contributed by atoms with van der Waals surface area (Å²) in [7, 11) is 0. The molecule has 0 spiro atoms. The van der Waals surface area contributed by atoms with Gasteiger partial charge in [-0.2, -0.15) is 0 Å². The lowest BCUT2D eigenvalue weighted by Gasteiger charge is -2.57. The number of nitrogens with zero attached hydrogens (tertiary/aromatic N) is 2. The zero-order chi connectivity index (χ0) is 13.0. The molecule has 0 aliphatic carbocycles. The first kappa shape index (κ1) is 12.2. The molecular formula is C15H24N2O2. The molecule has 4 heteroatoms. The van der Waals surface area contributed by atoms with Crippen LogP contribution in [0.15, 0.2) is 0 Å². The van der Waals surface area contributed by atoms with Crippen molar-refractivity contribution in [3.63, 3.8) is 0 Å². The summed E-state index contributed by atoms with van der Waals surface area (Å²) in [5, 5.41) is 9.92. The third-order valence-corrected chi connectivity index (χ3v) is 5.94. The number of rotatable bonds is 0. The third-order valence-electron chi connectivity index (χ3n) is 5.94. The normalized spacial score (nSPS) is 46.7. The Morgan fingerprint density at radius 3 is 2.79 bits per heavy atom. The lowest BCUT2D eigenvalue weighted by molar-refractivity contribution is -0.150. The van der Waals surface area contributed by atoms with Crippen LogP contribution in [-0.4, -0.2) is 58.6 Å². The molecule has 1 amide bonds. The number of carbonyl (C=O) groups excluding carboxylic acids is 1. The minimum Gasteiger partial charge on any atom is -0.393 e. The van der Waals surface area contributed by atoms with E-state index in [2.05, 4.69) is 9.80 Å². The van der Waals surface area contributed by atoms with Crippen LogP contribution in [0, 0.1) is 11.8 Å². The predicted octanol–water partition coefficient (Wildman–Crippen LogP) is 0.843. The van der Waals surface area contributed by atoms with Crippen molar-refractivity contribution >= 4 is 5.91 Å². The molecule has 0 aromatic rings. The summed E-state index contributed by atoms with van der Waals surface area (Å²) in [6, 6.07) is 1.04. The van der Waals surface area contributed by atoms with Gasteiger partial charge in [0.05, 0.1) is 6.10 Å². The van der Waals surface area contributed by atoms with Gasteiger partial charge >= 0.3 is 0 Å². The van der Waals surface area contributed by atoms with Crippen molar-refractivity contribution in [3.05, 3.63) is 0 Å². The van der Waals surface area contributed by atoms with Crippen molar-refractivity contribution in [2.75, 3.05) is 19.6 Å². The number of aliphatic hydroxyl groups excluding tert-OH is 1. The van der Waals surface area contributed by atoms with Crippen LogP contribution >= 0.6 is 0 Å². The van der Waals surface area contributed by atoms with Gasteiger partial charge in [-0.1, -0.05) is 0 Å². The maximum atomic E-state index is 12.1. The molecule has 4 aliphatic rings. The molecule has 0 radical (unpaired) electrons. The summed E-state index contributed by atoms with van der Waals surface area (Å²) in [6.45, 7) is 3.16. The van der Waals surface area contributed by atoms with Crippen molar-refractivity contribution in [3.8, 4) is 0 Å². The largest absolute Gasteiger partial charge is 0.393 e. The van der Waals surface area contributed by atoms with Crippen LogP contribution in [0.4, 0.5) is 0 Å². The van der Waals surface area contributed by atoms with E-state index in [1.54, 1.807) is 0 Å². The Morgan fingerprint density at radius 2 is 1.89 bits per heavy atom. The zero-order valence-corrected chi connectivity index (χ0v) is 11.5. The number of piperidine rings is 4. The Labute approximate surface area is 114 Å². The van der Waals surface area contributed by atoms with Gasteiger partial charge in [-0.3, -0.25) is 9.69 Å². The lowest BCUT2D eigenvalue weighted by atomic mass is 9.70. The van der Waals surface area contributed by atoms with E-state index in [4.69, 9.17) is 0 Å². The molecule has 0 aromatic heterocycles. The van der Waals surface area contributed by atoms with Gasteiger partial charge in [-0.25, -0.2) is 0 Å². The number of hydrogen-bond acceptors (Lipinski definition) is 3. The van der Waals surface area contributed by atoms with Crippen molar-refractivity contribution < 1.29 is 9.90 Å². The van der Waals surface area contributed by atoms with Crippen molar-refractivity contribution in [1.29, 1.82) is 0 Å². The molecule has 4 fully saturated rings. The van der Waals surface area contributed by atoms with E-state index in [-0.39, 0.29) is 6.10 Å². The fraction of sp³-hybridized carbons (Fsp3) is 0.933. The highest BCUT2D eigenvalue weighted by atomic mass is 16.3. The Balaban J connectivity index is 1.58. The topological polar surface area (TPSA) is 43.8 Å². The van der Waals surface area contributed by atoms with Gasteiger partial charge in [0.25, 0.3) is 0 Å². The third kappa shape index (κ3) is 1.91. The van der Waals surface area contributed by atoms with E-state index in [1.807, 2.05) is 0 Å². The highest BCUT2D eigenvalue weighted by Crippen LogP contribution is 2.42. The van der Waals surface area contributed by atoms with E-state index in [1.165, 1.54) is 12.8 Å². The molecule has 106 valence electrons. The number of amides is 1. The van der Waals surface area contributed by atoms with Crippen LogP contribution in [0.2, 0.25) is 0 Å². The molecule has 4 aliphatic heterocycles. The maximum Gasteiger partial charge on any atom is 0.222 e. The fourth-order valence-electron chi connectivity index (χ4n) is 5.07. The van der Waals surface area contributed by atoms with Gasteiger partial charge in [0.1, 0.15) is 0 Å². The quantitative estimate of drug-likeness (QED) is 0.705. The first-order valence-corrected chi connectivity index (χ1v) is 7.94. The first-order valence-electron chi connectivity index (χ1n) is 7.94. The van der Waals surface area contributed by atoms with Gasteiger partial charge in [0.2, 0.25) is 5.91 Å². The summed E-state index contributed by atoms with van der Waals surface area (Å²) in [6.07, 6.45) is 6.07. The van der Waals surface area contributed by atoms with Crippen LogP contribution < -0.4 is 0 Å². The lowest BCUT2D eigenvalue weighted by Crippen LogP contribution is -2.65. The van der Waals surface area contributed by atoms with Crippen LogP contribution in [0.1, 0.15) is 38.5 Å². The number of carbonyl (C=O) groups is 1. The van der Waals surface area contributed by atoms with Crippen LogP contribution in [0.5, 0.6) is 0 Å². The monoisotopic (exact) mass is 264 g/mol. The average Bonchev–Trinajstić information content (AvgIpc) is 2.41. The van der Waals surface area contributed by atoms with Crippen molar-refractivity contribution in [1.82, 2.24) is 9.80 Å². The SMILES string of the molecule is O=C1CCC[C@@H]2[C@H]3C[C@@H](CN12)[C@@H]1CC(O)CCN1C3. The molecule has 19 heavy (non-hydrogen) atoms. The van der Waals surface area contributed by atoms with Gasteiger partial charge in [-0.05, 0) is 43.9 Å². The van der Waals surface area contributed by atoms with Gasteiger partial charge < -0.3 is 10.0 Å². The van der Waals surface area contributed by atoms with E-state index in [0.29, 0.717) is 29.8 Å². The van der Waals surface area contributed by atoms with Crippen molar-refractivity contribution in [2.45, 2.75) is 56.7 Å². The Hall–Kier alpha value is -0.610. The van der Waals surface area contributed by atoms with Crippen LogP contribution in [0.25, 0.3) is 0 Å². The smallest absolute Gasteiger partial charge is 0.222 e. The molecule has 1 unspecified atom stereocenters. The fourth-order valence-corrected chi connectivity index (χ4v) is 5.07. The van der Waals surface area contributed by atoms with E-state index < -0.39 is 0 Å². The molecule has 1 N–H and O–H groups in total. The molecule has 0 aromatic carbocycles. The van der Waals surface area contributed by atoms with Crippen LogP contribution in [0.3, 0.4) is 0 Å². The number of fused-ring (bicyclic) bond motifs is 6. The number of hydrogen-bond donors (Lipinski definition) is 1. The summed E-state index contributed by atoms with van der Waals surface area (Å²) in [5.74, 6) is 1.68.